The fraction of sp³-hybridized carbons (Fsp3) is 0.364. The Labute approximate surface area is 160 Å². The highest BCUT2D eigenvalue weighted by molar-refractivity contribution is 5.94. The average Bonchev–Trinajstić information content (AvgIpc) is 2.94. The van der Waals surface area contributed by atoms with Gasteiger partial charge in [0.05, 0.1) is 11.6 Å². The summed E-state index contributed by atoms with van der Waals surface area (Å²) in [6.45, 7) is 6.78. The van der Waals surface area contributed by atoms with Gasteiger partial charge in [-0.3, -0.25) is 9.69 Å². The molecule has 5 heteroatoms. The third-order valence-electron chi connectivity index (χ3n) is 4.80. The fourth-order valence-corrected chi connectivity index (χ4v) is 3.28. The van der Waals surface area contributed by atoms with Crippen molar-refractivity contribution >= 4 is 5.91 Å². The predicted octanol–water partition coefficient (Wildman–Crippen LogP) is 3.09. The van der Waals surface area contributed by atoms with Crippen molar-refractivity contribution in [3.8, 4) is 11.8 Å². The summed E-state index contributed by atoms with van der Waals surface area (Å²) in [6, 6.07) is 17.1. The molecule has 5 nitrogen and oxygen atoms in total. The second kappa shape index (κ2) is 9.20. The lowest BCUT2D eigenvalue weighted by Gasteiger charge is -2.22. The number of carbonyl (C=O) groups excluding carboxylic acids is 1. The van der Waals surface area contributed by atoms with Crippen LogP contribution in [0, 0.1) is 18.3 Å². The largest absolute Gasteiger partial charge is 0.492 e. The number of carbonyl (C=O) groups is 1. The van der Waals surface area contributed by atoms with Gasteiger partial charge in [-0.1, -0.05) is 17.7 Å². The lowest BCUT2D eigenvalue weighted by Crippen LogP contribution is -2.36. The van der Waals surface area contributed by atoms with Crippen LogP contribution in [0.4, 0.5) is 0 Å². The second-order valence-corrected chi connectivity index (χ2v) is 6.84. The van der Waals surface area contributed by atoms with E-state index in [4.69, 9.17) is 10.00 Å². The van der Waals surface area contributed by atoms with Crippen LogP contribution in [-0.2, 0) is 0 Å². The molecular weight excluding hydrogens is 338 g/mol. The molecular formula is C22H25N3O2. The first-order valence-electron chi connectivity index (χ1n) is 9.37. The van der Waals surface area contributed by atoms with Crippen molar-refractivity contribution in [1.82, 2.24) is 9.80 Å². The van der Waals surface area contributed by atoms with Crippen LogP contribution in [0.3, 0.4) is 0 Å². The first kappa shape index (κ1) is 18.9. The molecule has 1 fully saturated rings. The molecule has 0 atom stereocenters. The first-order chi connectivity index (χ1) is 13.2. The van der Waals surface area contributed by atoms with Gasteiger partial charge in [-0.05, 0) is 49.7 Å². The van der Waals surface area contributed by atoms with Gasteiger partial charge >= 0.3 is 0 Å². The summed E-state index contributed by atoms with van der Waals surface area (Å²) < 4.78 is 5.77. The Kier molecular flexibility index (Phi) is 6.45. The molecule has 1 aliphatic heterocycles. The van der Waals surface area contributed by atoms with Gasteiger partial charge in [-0.2, -0.15) is 5.26 Å². The van der Waals surface area contributed by atoms with E-state index < -0.39 is 0 Å². The Balaban J connectivity index is 1.46. The normalized spacial score (nSPS) is 15.0. The molecule has 0 bridgehead atoms. The number of ether oxygens (including phenoxy) is 1. The van der Waals surface area contributed by atoms with Crippen LogP contribution in [0.25, 0.3) is 0 Å². The van der Waals surface area contributed by atoms with Gasteiger partial charge < -0.3 is 9.64 Å². The van der Waals surface area contributed by atoms with Gasteiger partial charge in [-0.15, -0.1) is 0 Å². The van der Waals surface area contributed by atoms with Crippen LogP contribution in [0.1, 0.15) is 27.9 Å². The molecule has 0 unspecified atom stereocenters. The second-order valence-electron chi connectivity index (χ2n) is 6.84. The van der Waals surface area contributed by atoms with Gasteiger partial charge in [-0.25, -0.2) is 0 Å². The maximum Gasteiger partial charge on any atom is 0.253 e. The Morgan fingerprint density at radius 1 is 1.11 bits per heavy atom. The molecule has 0 radical (unpaired) electrons. The molecule has 1 heterocycles. The summed E-state index contributed by atoms with van der Waals surface area (Å²) in [4.78, 5) is 17.0. The zero-order valence-electron chi connectivity index (χ0n) is 15.7. The SMILES string of the molecule is Cc1cccc(C(=O)N2CCCN(CCOc3ccc(C#N)cc3)CC2)c1. The lowest BCUT2D eigenvalue weighted by molar-refractivity contribution is 0.0760. The topological polar surface area (TPSA) is 56.6 Å². The number of hydrogen-bond donors (Lipinski definition) is 0. The lowest BCUT2D eigenvalue weighted by atomic mass is 10.1. The molecule has 0 N–H and O–H groups in total. The van der Waals surface area contributed by atoms with Gasteiger partial charge in [0.2, 0.25) is 0 Å². The van der Waals surface area contributed by atoms with Crippen molar-refractivity contribution in [1.29, 1.82) is 5.26 Å². The molecule has 2 aromatic rings. The molecule has 1 aliphatic rings. The highest BCUT2D eigenvalue weighted by Gasteiger charge is 2.20. The van der Waals surface area contributed by atoms with Crippen molar-refractivity contribution in [2.45, 2.75) is 13.3 Å². The van der Waals surface area contributed by atoms with Crippen molar-refractivity contribution in [2.24, 2.45) is 0 Å². The monoisotopic (exact) mass is 363 g/mol. The van der Waals surface area contributed by atoms with Crippen LogP contribution in [0.2, 0.25) is 0 Å². The Morgan fingerprint density at radius 3 is 2.67 bits per heavy atom. The summed E-state index contributed by atoms with van der Waals surface area (Å²) >= 11 is 0. The van der Waals surface area contributed by atoms with Gasteiger partial charge in [0.1, 0.15) is 12.4 Å². The molecule has 3 rings (SSSR count). The fourth-order valence-electron chi connectivity index (χ4n) is 3.28. The molecule has 1 saturated heterocycles. The zero-order valence-corrected chi connectivity index (χ0v) is 15.7. The summed E-state index contributed by atoms with van der Waals surface area (Å²) in [7, 11) is 0. The Morgan fingerprint density at radius 2 is 1.93 bits per heavy atom. The third kappa shape index (κ3) is 5.32. The Bertz CT molecular complexity index is 811. The molecule has 2 aromatic carbocycles. The van der Waals surface area contributed by atoms with Crippen LogP contribution in [-0.4, -0.2) is 55.0 Å². The number of amides is 1. The van der Waals surface area contributed by atoms with Crippen molar-refractivity contribution in [2.75, 3.05) is 39.3 Å². The van der Waals surface area contributed by atoms with E-state index in [1.54, 1.807) is 12.1 Å². The number of nitrogens with zero attached hydrogens (tertiary/aromatic N) is 3. The van der Waals surface area contributed by atoms with Crippen molar-refractivity contribution in [3.63, 3.8) is 0 Å². The minimum atomic E-state index is 0.120. The van der Waals surface area contributed by atoms with Crippen LogP contribution >= 0.6 is 0 Å². The standard InChI is InChI=1S/C22H25N3O2/c1-18-4-2-5-20(16-18)22(26)25-11-3-10-24(12-13-25)14-15-27-21-8-6-19(17-23)7-9-21/h2,4-9,16H,3,10-15H2,1H3. The molecule has 0 spiro atoms. The summed E-state index contributed by atoms with van der Waals surface area (Å²) in [5.41, 5.74) is 2.51. The van der Waals surface area contributed by atoms with E-state index in [1.165, 1.54) is 0 Å². The van der Waals surface area contributed by atoms with Crippen LogP contribution < -0.4 is 4.74 Å². The van der Waals surface area contributed by atoms with E-state index in [9.17, 15) is 4.79 Å². The van der Waals surface area contributed by atoms with Crippen molar-refractivity contribution < 1.29 is 9.53 Å². The highest BCUT2D eigenvalue weighted by atomic mass is 16.5. The quantitative estimate of drug-likeness (QED) is 0.819. The highest BCUT2D eigenvalue weighted by Crippen LogP contribution is 2.13. The first-order valence-corrected chi connectivity index (χ1v) is 9.37. The van der Waals surface area contributed by atoms with E-state index in [1.807, 2.05) is 48.2 Å². The van der Waals surface area contributed by atoms with E-state index in [2.05, 4.69) is 11.0 Å². The smallest absolute Gasteiger partial charge is 0.253 e. The molecule has 0 saturated carbocycles. The maximum absolute atomic E-state index is 12.7. The zero-order chi connectivity index (χ0) is 19.1. The Hall–Kier alpha value is -2.84. The van der Waals surface area contributed by atoms with Gasteiger partial charge in [0, 0.05) is 38.3 Å². The van der Waals surface area contributed by atoms with Gasteiger partial charge in [0.15, 0.2) is 0 Å². The maximum atomic E-state index is 12.7. The number of aryl methyl sites for hydroxylation is 1. The van der Waals surface area contributed by atoms with Crippen LogP contribution in [0.5, 0.6) is 5.75 Å². The minimum absolute atomic E-state index is 0.120. The molecule has 140 valence electrons. The number of hydrogen-bond acceptors (Lipinski definition) is 4. The average molecular weight is 363 g/mol. The van der Waals surface area contributed by atoms with E-state index in [-0.39, 0.29) is 5.91 Å². The van der Waals surface area contributed by atoms with Gasteiger partial charge in [0.25, 0.3) is 5.91 Å². The molecule has 0 aromatic heterocycles. The number of rotatable bonds is 5. The molecule has 27 heavy (non-hydrogen) atoms. The summed E-state index contributed by atoms with van der Waals surface area (Å²) in [5, 5.41) is 8.82. The van der Waals surface area contributed by atoms with E-state index in [0.29, 0.717) is 12.2 Å². The molecule has 0 aliphatic carbocycles. The minimum Gasteiger partial charge on any atom is -0.492 e. The third-order valence-corrected chi connectivity index (χ3v) is 4.80. The predicted molar refractivity (Wildman–Crippen MR) is 105 cm³/mol. The number of nitriles is 1. The van der Waals surface area contributed by atoms with E-state index in [0.717, 1.165) is 56.0 Å². The van der Waals surface area contributed by atoms with Crippen molar-refractivity contribution in [3.05, 3.63) is 65.2 Å². The molecule has 1 amide bonds. The number of benzene rings is 2. The van der Waals surface area contributed by atoms with E-state index >= 15 is 0 Å². The van der Waals surface area contributed by atoms with Crippen LogP contribution in [0.15, 0.2) is 48.5 Å². The summed E-state index contributed by atoms with van der Waals surface area (Å²) in [6.07, 6.45) is 0.967. The summed E-state index contributed by atoms with van der Waals surface area (Å²) in [5.74, 6) is 0.898.